The Bertz CT molecular complexity index is 997. The quantitative estimate of drug-likeness (QED) is 0.347. The maximum atomic E-state index is 13.5. The number of nitrogens with one attached hydrogen (secondary N) is 1. The molecule has 150 valence electrons. The van der Waals surface area contributed by atoms with Gasteiger partial charge in [0, 0.05) is 19.8 Å². The van der Waals surface area contributed by atoms with E-state index in [0.29, 0.717) is 11.6 Å². The van der Waals surface area contributed by atoms with Crippen molar-refractivity contribution in [3.8, 4) is 6.07 Å². The minimum atomic E-state index is -1.74. The summed E-state index contributed by atoms with van der Waals surface area (Å²) < 4.78 is 44.3. The molecule has 0 aromatic heterocycles. The minimum absolute atomic E-state index is 0.352. The molecular weight excluding hydrogens is 387 g/mol. The Kier molecular flexibility index (Phi) is 6.98. The zero-order chi connectivity index (χ0) is 21.6. The Morgan fingerprint density at radius 2 is 1.76 bits per heavy atom. The van der Waals surface area contributed by atoms with Crippen LogP contribution in [0.2, 0.25) is 0 Å². The van der Waals surface area contributed by atoms with Crippen molar-refractivity contribution >= 4 is 29.3 Å². The van der Waals surface area contributed by atoms with Crippen LogP contribution >= 0.6 is 0 Å². The van der Waals surface area contributed by atoms with Crippen molar-refractivity contribution in [2.45, 2.75) is 0 Å². The van der Waals surface area contributed by atoms with E-state index in [4.69, 9.17) is 10.00 Å². The van der Waals surface area contributed by atoms with Gasteiger partial charge in [0.2, 0.25) is 0 Å². The van der Waals surface area contributed by atoms with Gasteiger partial charge in [0.1, 0.15) is 11.6 Å². The van der Waals surface area contributed by atoms with Crippen molar-refractivity contribution in [1.29, 1.82) is 5.26 Å². The summed E-state index contributed by atoms with van der Waals surface area (Å²) in [5.74, 6) is -6.78. The first-order chi connectivity index (χ1) is 13.7. The first-order valence-corrected chi connectivity index (χ1v) is 8.22. The highest BCUT2D eigenvalue weighted by Crippen LogP contribution is 2.19. The van der Waals surface area contributed by atoms with Crippen molar-refractivity contribution in [2.24, 2.45) is 0 Å². The number of hydrogen-bond donors (Lipinski definition) is 1. The van der Waals surface area contributed by atoms with Gasteiger partial charge in [-0.3, -0.25) is 4.79 Å². The minimum Gasteiger partial charge on any atom is -0.451 e. The lowest BCUT2D eigenvalue weighted by atomic mass is 10.1. The molecule has 0 fully saturated rings. The van der Waals surface area contributed by atoms with Gasteiger partial charge in [0.15, 0.2) is 24.1 Å². The fraction of sp³-hybridized carbons (Fsp3) is 0.150. The summed E-state index contributed by atoms with van der Waals surface area (Å²) in [5.41, 5.74) is 0.526. The second kappa shape index (κ2) is 9.41. The van der Waals surface area contributed by atoms with Crippen LogP contribution in [0.15, 0.2) is 42.0 Å². The van der Waals surface area contributed by atoms with Gasteiger partial charge in [0.05, 0.1) is 5.69 Å². The number of amides is 1. The third-order valence-corrected chi connectivity index (χ3v) is 3.70. The van der Waals surface area contributed by atoms with Crippen LogP contribution in [0, 0.1) is 28.8 Å². The van der Waals surface area contributed by atoms with Gasteiger partial charge in [-0.2, -0.15) is 5.26 Å². The number of hydrogen-bond acceptors (Lipinski definition) is 5. The summed E-state index contributed by atoms with van der Waals surface area (Å²) in [7, 11) is 3.72. The van der Waals surface area contributed by atoms with E-state index in [2.05, 4.69) is 0 Å². The number of esters is 1. The van der Waals surface area contributed by atoms with Crippen LogP contribution in [0.3, 0.4) is 0 Å². The number of rotatable bonds is 6. The van der Waals surface area contributed by atoms with Gasteiger partial charge in [-0.15, -0.1) is 0 Å². The highest BCUT2D eigenvalue weighted by atomic mass is 19.2. The van der Waals surface area contributed by atoms with E-state index in [-0.39, 0.29) is 5.57 Å². The van der Waals surface area contributed by atoms with Crippen LogP contribution in [0.4, 0.5) is 24.5 Å². The molecule has 2 rings (SSSR count). The zero-order valence-electron chi connectivity index (χ0n) is 15.5. The van der Waals surface area contributed by atoms with Crippen molar-refractivity contribution in [3.05, 3.63) is 65.0 Å². The average Bonchev–Trinajstić information content (AvgIpc) is 2.71. The summed E-state index contributed by atoms with van der Waals surface area (Å²) in [6, 6.07) is 10.1. The van der Waals surface area contributed by atoms with Crippen LogP contribution in [-0.4, -0.2) is 32.6 Å². The van der Waals surface area contributed by atoms with Crippen LogP contribution in [-0.2, 0) is 14.3 Å². The second-order valence-electron chi connectivity index (χ2n) is 6.00. The molecule has 0 aliphatic carbocycles. The Hall–Kier alpha value is -3.80. The number of halogens is 3. The molecule has 2 aromatic rings. The van der Waals surface area contributed by atoms with E-state index in [1.165, 1.54) is 6.08 Å². The maximum absolute atomic E-state index is 13.5. The second-order valence-corrected chi connectivity index (χ2v) is 6.00. The van der Waals surface area contributed by atoms with Crippen LogP contribution in [0.25, 0.3) is 6.08 Å². The first-order valence-electron chi connectivity index (χ1n) is 8.22. The molecule has 0 spiro atoms. The first kappa shape index (κ1) is 21.5. The summed E-state index contributed by atoms with van der Waals surface area (Å²) in [6.45, 7) is -0.851. The fourth-order valence-electron chi connectivity index (χ4n) is 2.19. The molecule has 0 saturated heterocycles. The molecule has 0 bridgehead atoms. The van der Waals surface area contributed by atoms with Gasteiger partial charge in [-0.05, 0) is 35.9 Å². The highest BCUT2D eigenvalue weighted by Gasteiger charge is 2.17. The lowest BCUT2D eigenvalue weighted by Crippen LogP contribution is -2.22. The number of nitriles is 1. The van der Waals surface area contributed by atoms with E-state index in [9.17, 15) is 22.8 Å². The molecular formula is C20H16F3N3O3. The summed E-state index contributed by atoms with van der Waals surface area (Å²) in [4.78, 5) is 25.6. The molecule has 0 radical (unpaired) electrons. The summed E-state index contributed by atoms with van der Waals surface area (Å²) in [6.07, 6.45) is 1.29. The third kappa shape index (κ3) is 5.59. The highest BCUT2D eigenvalue weighted by molar-refractivity contribution is 6.00. The molecule has 0 heterocycles. The smallest absolute Gasteiger partial charge is 0.349 e. The maximum Gasteiger partial charge on any atom is 0.349 e. The van der Waals surface area contributed by atoms with Gasteiger partial charge in [-0.25, -0.2) is 18.0 Å². The standard InChI is InChI=1S/C20H16F3N3O3/c1-26(2)14-5-3-12(4-6-14)9-13(10-24)20(28)29-11-17(27)25-16-8-7-15(21)18(22)19(16)23/h3-9H,11H2,1-2H3,(H,25,27)/b13-9+. The number of carbonyl (C=O) groups excluding carboxylic acids is 2. The Morgan fingerprint density at radius 3 is 2.34 bits per heavy atom. The lowest BCUT2D eigenvalue weighted by Gasteiger charge is -2.11. The van der Waals surface area contributed by atoms with E-state index in [1.54, 1.807) is 30.3 Å². The van der Waals surface area contributed by atoms with Gasteiger partial charge in [0.25, 0.3) is 5.91 Å². The predicted molar refractivity (Wildman–Crippen MR) is 100 cm³/mol. The van der Waals surface area contributed by atoms with Crippen LogP contribution in [0.1, 0.15) is 5.56 Å². The Balaban J connectivity index is 2.00. The zero-order valence-corrected chi connectivity index (χ0v) is 15.5. The molecule has 1 amide bonds. The molecule has 0 aliphatic heterocycles. The molecule has 0 unspecified atom stereocenters. The average molecular weight is 403 g/mol. The topological polar surface area (TPSA) is 82.4 Å². The summed E-state index contributed by atoms with van der Waals surface area (Å²) in [5, 5.41) is 11.1. The van der Waals surface area contributed by atoms with Crippen LogP contribution < -0.4 is 10.2 Å². The van der Waals surface area contributed by atoms with E-state index in [1.807, 2.05) is 24.3 Å². The van der Waals surface area contributed by atoms with Gasteiger partial charge >= 0.3 is 5.97 Å². The van der Waals surface area contributed by atoms with Crippen molar-refractivity contribution < 1.29 is 27.5 Å². The molecule has 0 aliphatic rings. The molecule has 2 aromatic carbocycles. The van der Waals surface area contributed by atoms with Crippen molar-refractivity contribution in [2.75, 3.05) is 30.9 Å². The van der Waals surface area contributed by atoms with E-state index in [0.717, 1.165) is 11.8 Å². The number of benzene rings is 2. The predicted octanol–water partition coefficient (Wildman–Crippen LogP) is 3.26. The Morgan fingerprint density at radius 1 is 1.10 bits per heavy atom. The number of anilines is 2. The van der Waals surface area contributed by atoms with E-state index < -0.39 is 41.6 Å². The lowest BCUT2D eigenvalue weighted by molar-refractivity contribution is -0.142. The molecule has 9 heteroatoms. The van der Waals surface area contributed by atoms with Crippen LogP contribution in [0.5, 0.6) is 0 Å². The normalized spacial score (nSPS) is 10.8. The van der Waals surface area contributed by atoms with Crippen molar-refractivity contribution in [1.82, 2.24) is 0 Å². The molecule has 1 N–H and O–H groups in total. The largest absolute Gasteiger partial charge is 0.451 e. The van der Waals surface area contributed by atoms with E-state index >= 15 is 0 Å². The Labute approximate surface area is 164 Å². The third-order valence-electron chi connectivity index (χ3n) is 3.70. The summed E-state index contributed by atoms with van der Waals surface area (Å²) >= 11 is 0. The number of carbonyl (C=O) groups is 2. The molecule has 29 heavy (non-hydrogen) atoms. The SMILES string of the molecule is CN(C)c1ccc(/C=C(\C#N)C(=O)OCC(=O)Nc2ccc(F)c(F)c2F)cc1. The van der Waals surface area contributed by atoms with Crippen molar-refractivity contribution in [3.63, 3.8) is 0 Å². The molecule has 0 atom stereocenters. The molecule has 6 nitrogen and oxygen atoms in total. The van der Waals surface area contributed by atoms with Gasteiger partial charge < -0.3 is 15.0 Å². The van der Waals surface area contributed by atoms with Gasteiger partial charge in [-0.1, -0.05) is 12.1 Å². The fourth-order valence-corrected chi connectivity index (χ4v) is 2.19. The number of nitrogens with zero attached hydrogens (tertiary/aromatic N) is 2. The molecule has 0 saturated carbocycles. The number of ether oxygens (including phenoxy) is 1. The monoisotopic (exact) mass is 403 g/mol.